The fourth-order valence-corrected chi connectivity index (χ4v) is 3.85. The summed E-state index contributed by atoms with van der Waals surface area (Å²) in [5.41, 5.74) is 1.06. The zero-order valence-corrected chi connectivity index (χ0v) is 13.7. The summed E-state index contributed by atoms with van der Waals surface area (Å²) >= 11 is 1.69. The summed E-state index contributed by atoms with van der Waals surface area (Å²) in [6.07, 6.45) is 0. The third-order valence-electron chi connectivity index (χ3n) is 4.14. The standard InChI is InChI=1S/C14H21N5O2S/c1-10-9-22-14(16-10)18-5-3-17(8-11(18)2)4-6-19-12(20)7-15-13(19)21/h9,11H,3-8H2,1-2H3,(H,15,21)/t11-/m1/s1. The Bertz CT molecular complexity index is 559. The van der Waals surface area contributed by atoms with E-state index in [4.69, 9.17) is 0 Å². The lowest BCUT2D eigenvalue weighted by Gasteiger charge is -2.40. The number of aryl methyl sites for hydroxylation is 1. The molecule has 2 fully saturated rings. The summed E-state index contributed by atoms with van der Waals surface area (Å²) in [4.78, 5) is 33.6. The van der Waals surface area contributed by atoms with Crippen LogP contribution in [0, 0.1) is 6.92 Å². The first kappa shape index (κ1) is 15.2. The van der Waals surface area contributed by atoms with E-state index in [-0.39, 0.29) is 18.5 Å². The Hall–Kier alpha value is -1.67. The average molecular weight is 323 g/mol. The molecule has 3 amide bonds. The van der Waals surface area contributed by atoms with Crippen LogP contribution in [0.1, 0.15) is 12.6 Å². The minimum Gasteiger partial charge on any atom is -0.343 e. The predicted molar refractivity (Wildman–Crippen MR) is 85.2 cm³/mol. The molecular weight excluding hydrogens is 302 g/mol. The van der Waals surface area contributed by atoms with E-state index in [9.17, 15) is 9.59 Å². The van der Waals surface area contributed by atoms with Crippen LogP contribution < -0.4 is 10.2 Å². The Balaban J connectivity index is 1.52. The number of rotatable bonds is 4. The van der Waals surface area contributed by atoms with E-state index >= 15 is 0 Å². The molecule has 0 radical (unpaired) electrons. The molecule has 0 unspecified atom stereocenters. The van der Waals surface area contributed by atoms with Gasteiger partial charge in [0.15, 0.2) is 5.13 Å². The number of anilines is 1. The van der Waals surface area contributed by atoms with Crippen LogP contribution in [0.15, 0.2) is 5.38 Å². The van der Waals surface area contributed by atoms with Gasteiger partial charge in [0.05, 0.1) is 12.2 Å². The Kier molecular flexibility index (Phi) is 4.30. The number of nitrogens with one attached hydrogen (secondary N) is 1. The van der Waals surface area contributed by atoms with Gasteiger partial charge in [0.1, 0.15) is 0 Å². The highest BCUT2D eigenvalue weighted by Crippen LogP contribution is 2.24. The first-order valence-corrected chi connectivity index (χ1v) is 8.42. The molecule has 3 heterocycles. The quantitative estimate of drug-likeness (QED) is 0.818. The van der Waals surface area contributed by atoms with Crippen LogP contribution in [-0.2, 0) is 4.79 Å². The van der Waals surface area contributed by atoms with Crippen molar-refractivity contribution in [3.05, 3.63) is 11.1 Å². The molecule has 0 aliphatic carbocycles. The van der Waals surface area contributed by atoms with E-state index in [1.165, 1.54) is 4.90 Å². The maximum atomic E-state index is 11.6. The van der Waals surface area contributed by atoms with E-state index in [0.717, 1.165) is 37.0 Å². The molecule has 0 spiro atoms. The molecule has 2 aliphatic rings. The largest absolute Gasteiger partial charge is 0.343 e. The molecular formula is C14H21N5O2S. The topological polar surface area (TPSA) is 68.8 Å². The van der Waals surface area contributed by atoms with Gasteiger partial charge in [0, 0.05) is 44.1 Å². The number of carbonyl (C=O) groups is 2. The number of amides is 3. The minimum atomic E-state index is -0.269. The smallest absolute Gasteiger partial charge is 0.324 e. The van der Waals surface area contributed by atoms with E-state index in [1.807, 2.05) is 6.92 Å². The molecule has 8 heteroatoms. The van der Waals surface area contributed by atoms with Crippen LogP contribution >= 0.6 is 11.3 Å². The van der Waals surface area contributed by atoms with Gasteiger partial charge in [-0.25, -0.2) is 9.78 Å². The monoisotopic (exact) mass is 323 g/mol. The van der Waals surface area contributed by atoms with E-state index in [0.29, 0.717) is 12.6 Å². The van der Waals surface area contributed by atoms with Gasteiger partial charge < -0.3 is 10.2 Å². The second-order valence-electron chi connectivity index (χ2n) is 5.82. The molecule has 3 rings (SSSR count). The molecule has 120 valence electrons. The van der Waals surface area contributed by atoms with Crippen LogP contribution in [-0.4, -0.2) is 72.0 Å². The van der Waals surface area contributed by atoms with E-state index in [1.54, 1.807) is 11.3 Å². The molecule has 1 atom stereocenters. The second kappa shape index (κ2) is 6.21. The van der Waals surface area contributed by atoms with Gasteiger partial charge in [0.25, 0.3) is 0 Å². The Labute approximate surface area is 133 Å². The average Bonchev–Trinajstić information content (AvgIpc) is 3.04. The van der Waals surface area contributed by atoms with Crippen molar-refractivity contribution in [1.82, 2.24) is 20.1 Å². The molecule has 0 aromatic carbocycles. The van der Waals surface area contributed by atoms with Crippen molar-refractivity contribution in [3.8, 4) is 0 Å². The number of hydrogen-bond donors (Lipinski definition) is 1. The molecule has 22 heavy (non-hydrogen) atoms. The number of hydrogen-bond acceptors (Lipinski definition) is 6. The molecule has 0 bridgehead atoms. The lowest BCUT2D eigenvalue weighted by Crippen LogP contribution is -2.53. The zero-order valence-electron chi connectivity index (χ0n) is 12.9. The maximum Gasteiger partial charge on any atom is 0.324 e. The number of nitrogens with zero attached hydrogens (tertiary/aromatic N) is 4. The molecule has 0 saturated carbocycles. The fraction of sp³-hybridized carbons (Fsp3) is 0.643. The SMILES string of the molecule is Cc1csc(N2CCN(CCN3C(=O)CNC3=O)C[C@H]2C)n1. The summed E-state index contributed by atoms with van der Waals surface area (Å²) in [6.45, 7) is 8.30. The minimum absolute atomic E-state index is 0.130. The third-order valence-corrected chi connectivity index (χ3v) is 5.14. The van der Waals surface area contributed by atoms with Crippen molar-refractivity contribution < 1.29 is 9.59 Å². The third kappa shape index (κ3) is 3.07. The van der Waals surface area contributed by atoms with E-state index < -0.39 is 0 Å². The number of urea groups is 1. The lowest BCUT2D eigenvalue weighted by molar-refractivity contribution is -0.125. The van der Waals surface area contributed by atoms with E-state index in [2.05, 4.69) is 32.4 Å². The molecule has 1 N–H and O–H groups in total. The molecule has 2 aliphatic heterocycles. The molecule has 1 aromatic heterocycles. The van der Waals surface area contributed by atoms with Crippen LogP contribution in [0.3, 0.4) is 0 Å². The van der Waals surface area contributed by atoms with Gasteiger partial charge in [-0.1, -0.05) is 0 Å². The summed E-state index contributed by atoms with van der Waals surface area (Å²) in [6, 6.07) is 0.109. The van der Waals surface area contributed by atoms with Crippen molar-refractivity contribution in [2.45, 2.75) is 19.9 Å². The molecule has 7 nitrogen and oxygen atoms in total. The molecule has 1 aromatic rings. The summed E-state index contributed by atoms with van der Waals surface area (Å²) in [5.74, 6) is -0.130. The first-order chi connectivity index (χ1) is 10.5. The highest BCUT2D eigenvalue weighted by Gasteiger charge is 2.30. The van der Waals surface area contributed by atoms with Crippen molar-refractivity contribution >= 4 is 28.4 Å². The van der Waals surface area contributed by atoms with Crippen molar-refractivity contribution in [2.75, 3.05) is 44.2 Å². The zero-order chi connectivity index (χ0) is 15.7. The van der Waals surface area contributed by atoms with Gasteiger partial charge in [-0.15, -0.1) is 11.3 Å². The van der Waals surface area contributed by atoms with Crippen LogP contribution in [0.5, 0.6) is 0 Å². The van der Waals surface area contributed by atoms with Crippen LogP contribution in [0.2, 0.25) is 0 Å². The van der Waals surface area contributed by atoms with Crippen molar-refractivity contribution in [3.63, 3.8) is 0 Å². The highest BCUT2D eigenvalue weighted by atomic mass is 32.1. The summed E-state index contributed by atoms with van der Waals surface area (Å²) in [5, 5.41) is 5.71. The fourth-order valence-electron chi connectivity index (χ4n) is 2.92. The highest BCUT2D eigenvalue weighted by molar-refractivity contribution is 7.13. The maximum absolute atomic E-state index is 11.6. The Morgan fingerprint density at radius 1 is 1.36 bits per heavy atom. The van der Waals surface area contributed by atoms with Gasteiger partial charge >= 0.3 is 6.03 Å². The summed E-state index contributed by atoms with van der Waals surface area (Å²) < 4.78 is 0. The van der Waals surface area contributed by atoms with Crippen molar-refractivity contribution in [2.24, 2.45) is 0 Å². The number of piperazine rings is 1. The van der Waals surface area contributed by atoms with Gasteiger partial charge in [-0.2, -0.15) is 0 Å². The normalized spacial score (nSPS) is 23.3. The molecule has 2 saturated heterocycles. The van der Waals surface area contributed by atoms with Gasteiger partial charge in [0.2, 0.25) is 5.91 Å². The Morgan fingerprint density at radius 3 is 2.77 bits per heavy atom. The number of imide groups is 1. The van der Waals surface area contributed by atoms with Gasteiger partial charge in [-0.05, 0) is 13.8 Å². The number of carbonyl (C=O) groups excluding carboxylic acids is 2. The van der Waals surface area contributed by atoms with Crippen molar-refractivity contribution in [1.29, 1.82) is 0 Å². The Morgan fingerprint density at radius 2 is 2.18 bits per heavy atom. The van der Waals surface area contributed by atoms with Crippen LogP contribution in [0.25, 0.3) is 0 Å². The number of aromatic nitrogens is 1. The first-order valence-electron chi connectivity index (χ1n) is 7.54. The number of thiazole rings is 1. The second-order valence-corrected chi connectivity index (χ2v) is 6.66. The lowest BCUT2D eigenvalue weighted by atomic mass is 10.2. The van der Waals surface area contributed by atoms with Crippen LogP contribution in [0.4, 0.5) is 9.93 Å². The predicted octanol–water partition coefficient (Wildman–Crippen LogP) is 0.514. The van der Waals surface area contributed by atoms with Gasteiger partial charge in [-0.3, -0.25) is 14.6 Å². The summed E-state index contributed by atoms with van der Waals surface area (Å²) in [7, 11) is 0.